The van der Waals surface area contributed by atoms with Gasteiger partial charge >= 0.3 is 0 Å². The summed E-state index contributed by atoms with van der Waals surface area (Å²) < 4.78 is 28.1. The molecule has 0 aromatic heterocycles. The Morgan fingerprint density at radius 3 is 2.00 bits per heavy atom. The van der Waals surface area contributed by atoms with Gasteiger partial charge in [-0.05, 0) is 23.6 Å². The molecule has 0 spiro atoms. The summed E-state index contributed by atoms with van der Waals surface area (Å²) in [5, 5.41) is 0. The average molecular weight is 385 g/mol. The Kier molecular flexibility index (Phi) is 4.80. The third-order valence-corrected chi connectivity index (χ3v) is 4.24. The molecule has 0 aliphatic rings. The molecule has 3 nitrogen and oxygen atoms in total. The van der Waals surface area contributed by atoms with E-state index in [1.807, 2.05) is 20.8 Å². The van der Waals surface area contributed by atoms with Crippen molar-refractivity contribution in [3.05, 3.63) is 27.1 Å². The van der Waals surface area contributed by atoms with Gasteiger partial charge in [-0.25, -0.2) is 13.1 Å². The molecule has 0 saturated heterocycles. The van der Waals surface area contributed by atoms with E-state index in [1.165, 1.54) is 0 Å². The molecule has 0 amide bonds. The molecule has 0 atom stereocenters. The average Bonchev–Trinajstić information content (AvgIpc) is 2.12. The van der Waals surface area contributed by atoms with Crippen molar-refractivity contribution in [1.82, 2.24) is 4.72 Å². The lowest BCUT2D eigenvalue weighted by Gasteiger charge is -2.18. The van der Waals surface area contributed by atoms with Crippen LogP contribution in [0.3, 0.4) is 0 Å². The predicted octanol–water partition coefficient (Wildman–Crippen LogP) is 3.54. The van der Waals surface area contributed by atoms with Gasteiger partial charge in [0.25, 0.3) is 0 Å². The first-order valence-electron chi connectivity index (χ1n) is 5.06. The summed E-state index contributed by atoms with van der Waals surface area (Å²) in [5.41, 5.74) is -0.0870. The van der Waals surface area contributed by atoms with Crippen molar-refractivity contribution in [2.45, 2.75) is 25.7 Å². The first-order chi connectivity index (χ1) is 7.60. The summed E-state index contributed by atoms with van der Waals surface area (Å²) in [6, 6.07) is 4.95. The summed E-state index contributed by atoms with van der Waals surface area (Å²) in [6.45, 7) is 6.34. The van der Waals surface area contributed by atoms with E-state index < -0.39 is 10.0 Å². The van der Waals surface area contributed by atoms with Gasteiger partial charge in [0.15, 0.2) is 0 Å². The molecule has 0 radical (unpaired) electrons. The Balaban J connectivity index is 2.98. The standard InChI is InChI=1S/C11H15Br2NO2S/c1-11(2,3)7-14-17(15,16)10-5-8(12)4-9(13)6-10/h4-6,14H,7H2,1-3H3. The van der Waals surface area contributed by atoms with Gasteiger partial charge in [0.05, 0.1) is 4.90 Å². The van der Waals surface area contributed by atoms with Crippen molar-refractivity contribution in [3.63, 3.8) is 0 Å². The van der Waals surface area contributed by atoms with Gasteiger partial charge in [-0.3, -0.25) is 0 Å². The molecule has 6 heteroatoms. The number of nitrogens with one attached hydrogen (secondary N) is 1. The number of sulfonamides is 1. The van der Waals surface area contributed by atoms with Gasteiger partial charge < -0.3 is 0 Å². The number of halogens is 2. The van der Waals surface area contributed by atoms with E-state index in [9.17, 15) is 8.42 Å². The highest BCUT2D eigenvalue weighted by Crippen LogP contribution is 2.23. The van der Waals surface area contributed by atoms with Crippen molar-refractivity contribution in [2.24, 2.45) is 5.41 Å². The van der Waals surface area contributed by atoms with E-state index in [2.05, 4.69) is 36.6 Å². The lowest BCUT2D eigenvalue weighted by Crippen LogP contribution is -2.32. The summed E-state index contributed by atoms with van der Waals surface area (Å²) in [7, 11) is -3.45. The number of rotatable bonds is 3. The lowest BCUT2D eigenvalue weighted by atomic mass is 9.98. The van der Waals surface area contributed by atoms with Crippen LogP contribution in [0.4, 0.5) is 0 Å². The minimum Gasteiger partial charge on any atom is -0.211 e. The molecule has 0 heterocycles. The predicted molar refractivity (Wildman–Crippen MR) is 76.5 cm³/mol. The van der Waals surface area contributed by atoms with Crippen LogP contribution in [0.15, 0.2) is 32.0 Å². The van der Waals surface area contributed by atoms with Crippen molar-refractivity contribution in [3.8, 4) is 0 Å². The normalized spacial score (nSPS) is 12.8. The molecule has 1 aromatic rings. The Morgan fingerprint density at radius 2 is 1.59 bits per heavy atom. The van der Waals surface area contributed by atoms with Gasteiger partial charge in [0, 0.05) is 15.5 Å². The van der Waals surface area contributed by atoms with E-state index in [1.54, 1.807) is 18.2 Å². The molecule has 96 valence electrons. The van der Waals surface area contributed by atoms with Crippen molar-refractivity contribution in [2.75, 3.05) is 6.54 Å². The minimum absolute atomic E-state index is 0.0870. The van der Waals surface area contributed by atoms with Crippen LogP contribution in [0, 0.1) is 5.41 Å². The van der Waals surface area contributed by atoms with Crippen molar-refractivity contribution >= 4 is 41.9 Å². The quantitative estimate of drug-likeness (QED) is 0.866. The zero-order chi connectivity index (χ0) is 13.3. The Labute approximate surface area is 119 Å². The number of hydrogen-bond acceptors (Lipinski definition) is 2. The van der Waals surface area contributed by atoms with Crippen molar-refractivity contribution < 1.29 is 8.42 Å². The molecule has 0 aliphatic heterocycles. The molecule has 0 saturated carbocycles. The maximum absolute atomic E-state index is 12.0. The molecular weight excluding hydrogens is 370 g/mol. The van der Waals surface area contributed by atoms with E-state index >= 15 is 0 Å². The Hall–Kier alpha value is 0.0900. The highest BCUT2D eigenvalue weighted by molar-refractivity contribution is 9.11. The van der Waals surface area contributed by atoms with Gasteiger partial charge in [0.2, 0.25) is 10.0 Å². The molecule has 17 heavy (non-hydrogen) atoms. The van der Waals surface area contributed by atoms with Crippen LogP contribution in [0.2, 0.25) is 0 Å². The summed E-state index contributed by atoms with van der Waals surface area (Å²) in [6.07, 6.45) is 0. The van der Waals surface area contributed by atoms with E-state index in [0.29, 0.717) is 6.54 Å². The second-order valence-corrected chi connectivity index (χ2v) is 8.59. The zero-order valence-corrected chi connectivity index (χ0v) is 13.9. The Bertz CT molecular complexity index is 486. The van der Waals surface area contributed by atoms with Crippen LogP contribution in [-0.4, -0.2) is 15.0 Å². The highest BCUT2D eigenvalue weighted by Gasteiger charge is 2.19. The third-order valence-electron chi connectivity index (χ3n) is 1.94. The second kappa shape index (κ2) is 5.38. The fourth-order valence-electron chi connectivity index (χ4n) is 1.08. The zero-order valence-electron chi connectivity index (χ0n) is 9.92. The first kappa shape index (κ1) is 15.1. The van der Waals surface area contributed by atoms with Gasteiger partial charge in [-0.2, -0.15) is 0 Å². The monoisotopic (exact) mass is 383 g/mol. The van der Waals surface area contributed by atoms with Crippen LogP contribution < -0.4 is 4.72 Å². The molecule has 0 aliphatic carbocycles. The lowest BCUT2D eigenvalue weighted by molar-refractivity contribution is 0.407. The maximum atomic E-state index is 12.0. The fourth-order valence-corrected chi connectivity index (χ4v) is 4.03. The third kappa shape index (κ3) is 5.07. The molecule has 0 unspecified atom stereocenters. The van der Waals surface area contributed by atoms with Crippen LogP contribution >= 0.6 is 31.9 Å². The van der Waals surface area contributed by atoms with Crippen molar-refractivity contribution in [1.29, 1.82) is 0 Å². The topological polar surface area (TPSA) is 46.2 Å². The largest absolute Gasteiger partial charge is 0.240 e. The second-order valence-electron chi connectivity index (χ2n) is 4.99. The molecule has 1 N–H and O–H groups in total. The van der Waals surface area contributed by atoms with E-state index in [4.69, 9.17) is 0 Å². The summed E-state index contributed by atoms with van der Waals surface area (Å²) in [4.78, 5) is 0.253. The van der Waals surface area contributed by atoms with Gasteiger partial charge in [-0.1, -0.05) is 52.6 Å². The van der Waals surface area contributed by atoms with Gasteiger partial charge in [-0.15, -0.1) is 0 Å². The highest BCUT2D eigenvalue weighted by atomic mass is 79.9. The smallest absolute Gasteiger partial charge is 0.211 e. The van der Waals surface area contributed by atoms with Gasteiger partial charge in [0.1, 0.15) is 0 Å². The van der Waals surface area contributed by atoms with Crippen LogP contribution in [0.25, 0.3) is 0 Å². The summed E-state index contributed by atoms with van der Waals surface area (Å²) >= 11 is 6.55. The Morgan fingerprint density at radius 1 is 1.12 bits per heavy atom. The van der Waals surface area contributed by atoms with E-state index in [0.717, 1.165) is 8.95 Å². The van der Waals surface area contributed by atoms with E-state index in [-0.39, 0.29) is 10.3 Å². The molecule has 0 bridgehead atoms. The SMILES string of the molecule is CC(C)(C)CNS(=O)(=O)c1cc(Br)cc(Br)c1. The molecule has 1 rings (SSSR count). The minimum atomic E-state index is -3.45. The molecular formula is C11H15Br2NO2S. The van der Waals surface area contributed by atoms with Crippen LogP contribution in [-0.2, 0) is 10.0 Å². The molecule has 0 fully saturated rings. The van der Waals surface area contributed by atoms with Crippen LogP contribution in [0.5, 0.6) is 0 Å². The first-order valence-corrected chi connectivity index (χ1v) is 8.13. The number of benzene rings is 1. The fraction of sp³-hybridized carbons (Fsp3) is 0.455. The molecule has 1 aromatic carbocycles. The number of hydrogen-bond donors (Lipinski definition) is 1. The van der Waals surface area contributed by atoms with Crippen LogP contribution in [0.1, 0.15) is 20.8 Å². The summed E-state index contributed by atoms with van der Waals surface area (Å²) in [5.74, 6) is 0. The maximum Gasteiger partial charge on any atom is 0.240 e.